The number of nitrogens with zero attached hydrogens (tertiary/aromatic N) is 3. The standard InChI is InChI=1S/C22H26FN5O2.2ClH/c1-14-7-9-28(12-15-4-3-8-24-11-15)22(30)20(14)21(29)27(2)13-19-25-17-6-5-16(23)10-18(17)26-19;;/h5-7,9-10,15,24H,3-4,8,11-13H2,1-2H3,(H,25,26);2*1H. The molecule has 0 bridgehead atoms. The third kappa shape index (κ3) is 5.49. The van der Waals surface area contributed by atoms with Crippen LogP contribution in [0.2, 0.25) is 0 Å². The van der Waals surface area contributed by atoms with Gasteiger partial charge in [-0.3, -0.25) is 9.59 Å². The lowest BCUT2D eigenvalue weighted by molar-refractivity contribution is 0.0778. The zero-order valence-electron chi connectivity index (χ0n) is 18.1. The highest BCUT2D eigenvalue weighted by molar-refractivity contribution is 5.95. The average Bonchev–Trinajstić information content (AvgIpc) is 3.12. The minimum atomic E-state index is -0.351. The number of hydrogen-bond acceptors (Lipinski definition) is 4. The molecule has 32 heavy (non-hydrogen) atoms. The number of carbonyl (C=O) groups is 1. The van der Waals surface area contributed by atoms with Crippen molar-refractivity contribution in [1.82, 2.24) is 24.8 Å². The van der Waals surface area contributed by atoms with Gasteiger partial charge in [-0.25, -0.2) is 9.37 Å². The van der Waals surface area contributed by atoms with Gasteiger partial charge in [0.2, 0.25) is 0 Å². The summed E-state index contributed by atoms with van der Waals surface area (Å²) in [6, 6.07) is 6.13. The molecule has 7 nitrogen and oxygen atoms in total. The van der Waals surface area contributed by atoms with Gasteiger partial charge in [0.1, 0.15) is 17.2 Å². The van der Waals surface area contributed by atoms with E-state index >= 15 is 0 Å². The summed E-state index contributed by atoms with van der Waals surface area (Å²) in [6.45, 7) is 4.47. The molecule has 0 radical (unpaired) electrons. The van der Waals surface area contributed by atoms with Gasteiger partial charge in [0.05, 0.1) is 17.6 Å². The van der Waals surface area contributed by atoms with E-state index in [1.165, 1.54) is 17.0 Å². The summed E-state index contributed by atoms with van der Waals surface area (Å²) in [5.41, 5.74) is 1.79. The molecule has 0 spiro atoms. The van der Waals surface area contributed by atoms with Crippen molar-refractivity contribution in [2.45, 2.75) is 32.9 Å². The molecule has 0 saturated carbocycles. The summed E-state index contributed by atoms with van der Waals surface area (Å²) < 4.78 is 15.0. The van der Waals surface area contributed by atoms with Gasteiger partial charge in [-0.1, -0.05) is 0 Å². The predicted octanol–water partition coefficient (Wildman–Crippen LogP) is 3.29. The second-order valence-corrected chi connectivity index (χ2v) is 8.05. The summed E-state index contributed by atoms with van der Waals surface area (Å²) in [7, 11) is 1.64. The van der Waals surface area contributed by atoms with Gasteiger partial charge < -0.3 is 19.8 Å². The van der Waals surface area contributed by atoms with Gasteiger partial charge in [-0.2, -0.15) is 0 Å². The van der Waals surface area contributed by atoms with Gasteiger partial charge in [0.25, 0.3) is 11.5 Å². The molecule has 4 rings (SSSR count). The fourth-order valence-corrected chi connectivity index (χ4v) is 4.02. The average molecular weight is 484 g/mol. The number of fused-ring (bicyclic) bond motifs is 1. The SMILES string of the molecule is Cc1ccn(CC2CCCNC2)c(=O)c1C(=O)N(C)Cc1nc2ccc(F)cc2[nH]1.Cl.Cl. The largest absolute Gasteiger partial charge is 0.340 e. The molecule has 1 amide bonds. The van der Waals surface area contributed by atoms with E-state index in [1.54, 1.807) is 30.8 Å². The Kier molecular flexibility index (Phi) is 8.83. The number of benzene rings is 1. The van der Waals surface area contributed by atoms with Crippen molar-refractivity contribution in [3.63, 3.8) is 0 Å². The molecule has 0 aliphatic carbocycles. The number of rotatable bonds is 5. The maximum absolute atomic E-state index is 13.4. The third-order valence-electron chi connectivity index (χ3n) is 5.67. The minimum Gasteiger partial charge on any atom is -0.340 e. The molecule has 1 saturated heterocycles. The molecule has 2 aromatic heterocycles. The van der Waals surface area contributed by atoms with Gasteiger partial charge in [0, 0.05) is 19.8 Å². The maximum Gasteiger partial charge on any atom is 0.263 e. The normalized spacial score (nSPS) is 15.7. The number of halogens is 3. The maximum atomic E-state index is 13.4. The second kappa shape index (κ2) is 10.9. The molecular formula is C22H28Cl2FN5O2. The van der Waals surface area contributed by atoms with Crippen LogP contribution in [0.15, 0.2) is 35.3 Å². The van der Waals surface area contributed by atoms with E-state index in [0.717, 1.165) is 25.9 Å². The van der Waals surface area contributed by atoms with Gasteiger partial charge in [-0.05, 0) is 68.6 Å². The van der Waals surface area contributed by atoms with Gasteiger partial charge >= 0.3 is 0 Å². The first-order chi connectivity index (χ1) is 14.4. The Morgan fingerprint density at radius 1 is 1.31 bits per heavy atom. The van der Waals surface area contributed by atoms with E-state index in [2.05, 4.69) is 15.3 Å². The molecule has 3 aromatic rings. The fourth-order valence-electron chi connectivity index (χ4n) is 4.02. The Balaban J connectivity index is 0.00000181. The van der Waals surface area contributed by atoms with Crippen LogP contribution in [0, 0.1) is 18.7 Å². The Hall–Kier alpha value is -2.42. The molecule has 1 aromatic carbocycles. The lowest BCUT2D eigenvalue weighted by atomic mass is 9.99. The lowest BCUT2D eigenvalue weighted by Crippen LogP contribution is -2.38. The summed E-state index contributed by atoms with van der Waals surface area (Å²) in [4.78, 5) is 35.1. The van der Waals surface area contributed by atoms with Gasteiger partial charge in [0.15, 0.2) is 0 Å². The topological polar surface area (TPSA) is 83.0 Å². The molecule has 3 heterocycles. The van der Waals surface area contributed by atoms with Crippen LogP contribution in [-0.4, -0.2) is 45.5 Å². The molecule has 174 valence electrons. The number of imidazole rings is 1. The van der Waals surface area contributed by atoms with Crippen molar-refractivity contribution < 1.29 is 9.18 Å². The monoisotopic (exact) mass is 483 g/mol. The summed E-state index contributed by atoms with van der Waals surface area (Å²) in [6.07, 6.45) is 3.95. The van der Waals surface area contributed by atoms with Crippen LogP contribution >= 0.6 is 24.8 Å². The van der Waals surface area contributed by atoms with Crippen LogP contribution < -0.4 is 10.9 Å². The molecule has 1 aliphatic rings. The number of carbonyl (C=O) groups excluding carboxylic acids is 1. The molecule has 1 aliphatic heterocycles. The first-order valence-corrected chi connectivity index (χ1v) is 10.2. The highest BCUT2D eigenvalue weighted by Crippen LogP contribution is 2.16. The Labute approximate surface area is 198 Å². The molecule has 2 N–H and O–H groups in total. The Morgan fingerprint density at radius 3 is 2.81 bits per heavy atom. The first-order valence-electron chi connectivity index (χ1n) is 10.2. The number of H-pyrrole nitrogens is 1. The molecule has 10 heteroatoms. The van der Waals surface area contributed by atoms with Crippen LogP contribution in [-0.2, 0) is 13.1 Å². The van der Waals surface area contributed by atoms with Crippen LogP contribution in [0.1, 0.15) is 34.6 Å². The zero-order valence-corrected chi connectivity index (χ0v) is 19.7. The van der Waals surface area contributed by atoms with Crippen LogP contribution in [0.25, 0.3) is 11.0 Å². The number of piperidine rings is 1. The quantitative estimate of drug-likeness (QED) is 0.583. The first kappa shape index (κ1) is 25.8. The minimum absolute atomic E-state index is 0. The van der Waals surface area contributed by atoms with E-state index < -0.39 is 0 Å². The van der Waals surface area contributed by atoms with Crippen molar-refractivity contribution >= 4 is 41.8 Å². The Morgan fingerprint density at radius 2 is 2.09 bits per heavy atom. The molecule has 1 atom stereocenters. The smallest absolute Gasteiger partial charge is 0.263 e. The van der Waals surface area contributed by atoms with Crippen molar-refractivity contribution in [2.75, 3.05) is 20.1 Å². The van der Waals surface area contributed by atoms with Crippen LogP contribution in [0.3, 0.4) is 0 Å². The number of nitrogens with one attached hydrogen (secondary N) is 2. The van der Waals surface area contributed by atoms with E-state index in [-0.39, 0.29) is 54.2 Å². The number of hydrogen-bond donors (Lipinski definition) is 2. The highest BCUT2D eigenvalue weighted by Gasteiger charge is 2.22. The number of amides is 1. The van der Waals surface area contributed by atoms with Crippen molar-refractivity contribution in [1.29, 1.82) is 0 Å². The summed E-state index contributed by atoms with van der Waals surface area (Å²) in [5, 5.41) is 3.36. The number of aromatic amines is 1. The number of aryl methyl sites for hydroxylation is 1. The summed E-state index contributed by atoms with van der Waals surface area (Å²) in [5.74, 6) is 0.223. The van der Waals surface area contributed by atoms with Gasteiger partial charge in [-0.15, -0.1) is 24.8 Å². The van der Waals surface area contributed by atoms with Crippen molar-refractivity contribution in [3.05, 3.63) is 63.6 Å². The van der Waals surface area contributed by atoms with Crippen LogP contribution in [0.4, 0.5) is 4.39 Å². The van der Waals surface area contributed by atoms with Crippen LogP contribution in [0.5, 0.6) is 0 Å². The lowest BCUT2D eigenvalue weighted by Gasteiger charge is -2.24. The second-order valence-electron chi connectivity index (χ2n) is 8.05. The fraction of sp³-hybridized carbons (Fsp3) is 0.409. The third-order valence-corrected chi connectivity index (χ3v) is 5.67. The Bertz CT molecular complexity index is 1140. The van der Waals surface area contributed by atoms with E-state index in [1.807, 2.05) is 6.07 Å². The number of aromatic nitrogens is 3. The van der Waals surface area contributed by atoms with E-state index in [0.29, 0.717) is 34.9 Å². The predicted molar refractivity (Wildman–Crippen MR) is 127 cm³/mol. The summed E-state index contributed by atoms with van der Waals surface area (Å²) >= 11 is 0. The van der Waals surface area contributed by atoms with E-state index in [9.17, 15) is 14.0 Å². The molecular weight excluding hydrogens is 456 g/mol. The number of pyridine rings is 1. The van der Waals surface area contributed by atoms with E-state index in [4.69, 9.17) is 0 Å². The highest BCUT2D eigenvalue weighted by atomic mass is 35.5. The molecule has 1 unspecified atom stereocenters. The zero-order chi connectivity index (χ0) is 21.3. The van der Waals surface area contributed by atoms with Crippen molar-refractivity contribution in [3.8, 4) is 0 Å². The molecule has 1 fully saturated rings. The van der Waals surface area contributed by atoms with Crippen molar-refractivity contribution in [2.24, 2.45) is 5.92 Å².